The van der Waals surface area contributed by atoms with Crippen LogP contribution in [0.5, 0.6) is 0 Å². The lowest BCUT2D eigenvalue weighted by Gasteiger charge is -2.35. The number of rotatable bonds is 3. The third kappa shape index (κ3) is 5.32. The van der Waals surface area contributed by atoms with Crippen molar-refractivity contribution in [3.8, 4) is 0 Å². The number of amides is 2. The fraction of sp³-hybridized carbons (Fsp3) is 0.875. The van der Waals surface area contributed by atoms with Gasteiger partial charge in [0.15, 0.2) is 0 Å². The van der Waals surface area contributed by atoms with E-state index >= 15 is 0 Å². The first-order valence-corrected chi connectivity index (χ1v) is 8.40. The Bertz CT molecular complexity index is 445. The second kappa shape index (κ2) is 7.45. The van der Waals surface area contributed by atoms with Crippen LogP contribution in [0.15, 0.2) is 0 Å². The van der Waals surface area contributed by atoms with E-state index in [1.165, 1.54) is 4.90 Å². The zero-order chi connectivity index (χ0) is 17.0. The predicted octanol–water partition coefficient (Wildman–Crippen LogP) is 2.95. The van der Waals surface area contributed by atoms with Gasteiger partial charge in [-0.25, -0.2) is 13.6 Å². The molecule has 0 aromatic rings. The van der Waals surface area contributed by atoms with Crippen molar-refractivity contribution < 1.29 is 23.5 Å². The zero-order valence-corrected chi connectivity index (χ0v) is 13.6. The monoisotopic (exact) mass is 332 g/mol. The van der Waals surface area contributed by atoms with E-state index in [2.05, 4.69) is 5.32 Å². The average Bonchev–Trinajstić information content (AvgIpc) is 2.64. The van der Waals surface area contributed by atoms with E-state index in [0.29, 0.717) is 25.8 Å². The second-order valence-corrected chi connectivity index (χ2v) is 7.14. The van der Waals surface area contributed by atoms with Crippen LogP contribution in [0.1, 0.15) is 45.4 Å². The van der Waals surface area contributed by atoms with E-state index < -0.39 is 17.8 Å². The number of alkyl halides is 2. The largest absolute Gasteiger partial charge is 0.481 e. The molecule has 2 fully saturated rings. The van der Waals surface area contributed by atoms with Crippen LogP contribution in [-0.2, 0) is 4.79 Å². The number of nitrogens with zero attached hydrogens (tertiary/aromatic N) is 1. The fourth-order valence-corrected chi connectivity index (χ4v) is 3.66. The van der Waals surface area contributed by atoms with Gasteiger partial charge in [-0.05, 0) is 31.1 Å². The molecule has 1 saturated heterocycles. The molecule has 7 heteroatoms. The lowest BCUT2D eigenvalue weighted by atomic mass is 9.91. The quantitative estimate of drug-likeness (QED) is 0.781. The molecule has 1 heterocycles. The van der Waals surface area contributed by atoms with Gasteiger partial charge in [-0.3, -0.25) is 4.79 Å². The van der Waals surface area contributed by atoms with Crippen LogP contribution in [0.25, 0.3) is 0 Å². The number of aliphatic carboxylic acids is 1. The molecule has 3 unspecified atom stereocenters. The van der Waals surface area contributed by atoms with Crippen LogP contribution in [0.2, 0.25) is 0 Å². The van der Waals surface area contributed by atoms with Gasteiger partial charge in [-0.15, -0.1) is 0 Å². The molecule has 0 spiro atoms. The summed E-state index contributed by atoms with van der Waals surface area (Å²) in [6, 6.07) is -0.338. The Morgan fingerprint density at radius 1 is 1.30 bits per heavy atom. The Balaban J connectivity index is 1.85. The molecule has 23 heavy (non-hydrogen) atoms. The van der Waals surface area contributed by atoms with Gasteiger partial charge in [0.05, 0.1) is 5.92 Å². The Kier molecular flexibility index (Phi) is 5.81. The molecule has 132 valence electrons. The minimum Gasteiger partial charge on any atom is -0.481 e. The van der Waals surface area contributed by atoms with Crippen molar-refractivity contribution in [3.05, 3.63) is 0 Å². The molecule has 1 aliphatic carbocycles. The maximum absolute atomic E-state index is 13.6. The zero-order valence-electron chi connectivity index (χ0n) is 13.6. The number of hydrogen-bond acceptors (Lipinski definition) is 2. The Morgan fingerprint density at radius 2 is 2.04 bits per heavy atom. The van der Waals surface area contributed by atoms with Gasteiger partial charge in [-0.1, -0.05) is 13.3 Å². The van der Waals surface area contributed by atoms with E-state index in [1.807, 2.05) is 6.92 Å². The fourth-order valence-electron chi connectivity index (χ4n) is 3.66. The number of carbonyl (C=O) groups excluding carboxylic acids is 1. The summed E-state index contributed by atoms with van der Waals surface area (Å²) in [6.45, 7) is 2.85. The van der Waals surface area contributed by atoms with Crippen LogP contribution in [0.3, 0.4) is 0 Å². The van der Waals surface area contributed by atoms with Gasteiger partial charge in [0, 0.05) is 32.5 Å². The highest BCUT2D eigenvalue weighted by molar-refractivity contribution is 5.76. The van der Waals surface area contributed by atoms with Crippen molar-refractivity contribution in [1.29, 1.82) is 0 Å². The van der Waals surface area contributed by atoms with Crippen molar-refractivity contribution in [1.82, 2.24) is 10.2 Å². The minimum absolute atomic E-state index is 0.0681. The second-order valence-electron chi connectivity index (χ2n) is 7.14. The predicted molar refractivity (Wildman–Crippen MR) is 81.4 cm³/mol. The number of halogens is 2. The van der Waals surface area contributed by atoms with Gasteiger partial charge in [0.1, 0.15) is 0 Å². The molecule has 0 radical (unpaired) electrons. The summed E-state index contributed by atoms with van der Waals surface area (Å²) in [7, 11) is 0. The lowest BCUT2D eigenvalue weighted by Crippen LogP contribution is -2.50. The first-order chi connectivity index (χ1) is 10.8. The molecule has 5 nitrogen and oxygen atoms in total. The topological polar surface area (TPSA) is 69.6 Å². The molecule has 2 rings (SSSR count). The van der Waals surface area contributed by atoms with Crippen molar-refractivity contribution in [2.75, 3.05) is 19.6 Å². The molecular formula is C16H26F2N2O3. The maximum atomic E-state index is 13.6. The summed E-state index contributed by atoms with van der Waals surface area (Å²) in [5, 5.41) is 11.9. The Hall–Kier alpha value is -1.40. The average molecular weight is 332 g/mol. The van der Waals surface area contributed by atoms with Crippen LogP contribution in [-0.4, -0.2) is 47.6 Å². The van der Waals surface area contributed by atoms with Gasteiger partial charge in [0.25, 0.3) is 0 Å². The van der Waals surface area contributed by atoms with Crippen LogP contribution < -0.4 is 5.32 Å². The molecule has 1 aliphatic heterocycles. The van der Waals surface area contributed by atoms with Crippen LogP contribution in [0, 0.1) is 17.8 Å². The summed E-state index contributed by atoms with van der Waals surface area (Å²) in [5.74, 6) is -4.17. The molecule has 2 N–H and O–H groups in total. The van der Waals surface area contributed by atoms with Crippen molar-refractivity contribution in [2.24, 2.45) is 17.8 Å². The van der Waals surface area contributed by atoms with Gasteiger partial charge in [0.2, 0.25) is 5.92 Å². The standard InChI is InChI=1S/C16H26F2N2O3/c1-11-6-13(14(21)22)10-20(9-11)15(23)19-8-12-4-2-3-5-16(17,18)7-12/h11-13H,2-10H2,1H3,(H,19,23)(H,21,22). The Morgan fingerprint density at radius 3 is 2.74 bits per heavy atom. The summed E-state index contributed by atoms with van der Waals surface area (Å²) in [5.41, 5.74) is 0. The molecule has 0 aromatic heterocycles. The summed E-state index contributed by atoms with van der Waals surface area (Å²) in [6.07, 6.45) is 2.31. The lowest BCUT2D eigenvalue weighted by molar-refractivity contribution is -0.143. The van der Waals surface area contributed by atoms with E-state index in [-0.39, 0.29) is 43.8 Å². The van der Waals surface area contributed by atoms with Crippen molar-refractivity contribution >= 4 is 12.0 Å². The third-order valence-corrected chi connectivity index (χ3v) is 4.83. The van der Waals surface area contributed by atoms with Crippen molar-refractivity contribution in [2.45, 2.75) is 51.4 Å². The number of hydrogen-bond donors (Lipinski definition) is 2. The highest BCUT2D eigenvalue weighted by Gasteiger charge is 2.35. The summed E-state index contributed by atoms with van der Waals surface area (Å²) in [4.78, 5) is 24.9. The molecule has 0 bridgehead atoms. The van der Waals surface area contributed by atoms with Gasteiger partial charge < -0.3 is 15.3 Å². The number of carboxylic acids is 1. The molecule has 2 amide bonds. The highest BCUT2D eigenvalue weighted by Crippen LogP contribution is 2.34. The van der Waals surface area contributed by atoms with Crippen LogP contribution >= 0.6 is 0 Å². The summed E-state index contributed by atoms with van der Waals surface area (Å²) >= 11 is 0. The summed E-state index contributed by atoms with van der Waals surface area (Å²) < 4.78 is 27.2. The van der Waals surface area contributed by atoms with E-state index in [0.717, 1.165) is 6.42 Å². The normalized spacial score (nSPS) is 31.3. The van der Waals surface area contributed by atoms with Gasteiger partial charge >= 0.3 is 12.0 Å². The first-order valence-electron chi connectivity index (χ1n) is 8.40. The van der Waals surface area contributed by atoms with Crippen molar-refractivity contribution in [3.63, 3.8) is 0 Å². The van der Waals surface area contributed by atoms with E-state index in [4.69, 9.17) is 5.11 Å². The van der Waals surface area contributed by atoms with Gasteiger partial charge in [-0.2, -0.15) is 0 Å². The minimum atomic E-state index is -2.64. The number of likely N-dealkylation sites (tertiary alicyclic amines) is 1. The molecule has 1 saturated carbocycles. The smallest absolute Gasteiger partial charge is 0.317 e. The van der Waals surface area contributed by atoms with E-state index in [1.54, 1.807) is 0 Å². The number of urea groups is 1. The Labute approximate surface area is 135 Å². The third-order valence-electron chi connectivity index (χ3n) is 4.83. The number of piperidine rings is 1. The maximum Gasteiger partial charge on any atom is 0.317 e. The number of carboxylic acid groups (broad SMARTS) is 1. The highest BCUT2D eigenvalue weighted by atomic mass is 19.3. The number of nitrogens with one attached hydrogen (secondary N) is 1. The number of carbonyl (C=O) groups is 2. The van der Waals surface area contributed by atoms with E-state index in [9.17, 15) is 18.4 Å². The molecular weight excluding hydrogens is 306 g/mol. The molecule has 2 aliphatic rings. The molecule has 0 aromatic carbocycles. The first kappa shape index (κ1) is 17.9. The molecule has 3 atom stereocenters. The van der Waals surface area contributed by atoms with Crippen LogP contribution in [0.4, 0.5) is 13.6 Å². The SMILES string of the molecule is CC1CC(C(=O)O)CN(C(=O)NCC2CCCCC(F)(F)C2)C1.